The SMILES string of the molecule is COc1cccc(Nc2cc(C)nc(N3CCCC(C)C3)n2)c1. The van der Waals surface area contributed by atoms with Crippen LogP contribution in [0.2, 0.25) is 0 Å². The quantitative estimate of drug-likeness (QED) is 0.931. The van der Waals surface area contributed by atoms with Crippen LogP contribution in [0.3, 0.4) is 0 Å². The lowest BCUT2D eigenvalue weighted by atomic mass is 10.0. The van der Waals surface area contributed by atoms with Gasteiger partial charge in [0, 0.05) is 36.6 Å². The Balaban J connectivity index is 1.82. The van der Waals surface area contributed by atoms with Crippen LogP contribution < -0.4 is 15.0 Å². The molecule has 1 fully saturated rings. The van der Waals surface area contributed by atoms with Gasteiger partial charge in [0.2, 0.25) is 5.95 Å². The highest BCUT2D eigenvalue weighted by Crippen LogP contribution is 2.24. The van der Waals surface area contributed by atoms with Crippen LogP contribution in [0.1, 0.15) is 25.5 Å². The average Bonchev–Trinajstić information content (AvgIpc) is 2.54. The first kappa shape index (κ1) is 15.6. The number of aromatic nitrogens is 2. The van der Waals surface area contributed by atoms with Crippen molar-refractivity contribution in [3.63, 3.8) is 0 Å². The van der Waals surface area contributed by atoms with E-state index in [-0.39, 0.29) is 0 Å². The molecule has 5 heteroatoms. The molecule has 1 aromatic heterocycles. The number of ether oxygens (including phenoxy) is 1. The fraction of sp³-hybridized carbons (Fsp3) is 0.444. The normalized spacial score (nSPS) is 17.9. The molecule has 0 aliphatic carbocycles. The summed E-state index contributed by atoms with van der Waals surface area (Å²) >= 11 is 0. The molecule has 1 N–H and O–H groups in total. The zero-order valence-corrected chi connectivity index (χ0v) is 14.0. The summed E-state index contributed by atoms with van der Waals surface area (Å²) in [5.41, 5.74) is 1.93. The first-order valence-corrected chi connectivity index (χ1v) is 8.16. The molecule has 2 heterocycles. The maximum absolute atomic E-state index is 5.27. The monoisotopic (exact) mass is 312 g/mol. The van der Waals surface area contributed by atoms with Crippen LogP contribution in [0.5, 0.6) is 5.75 Å². The van der Waals surface area contributed by atoms with Gasteiger partial charge in [-0.3, -0.25) is 0 Å². The van der Waals surface area contributed by atoms with E-state index in [1.165, 1.54) is 12.8 Å². The smallest absolute Gasteiger partial charge is 0.227 e. The molecule has 1 saturated heterocycles. The zero-order valence-electron chi connectivity index (χ0n) is 14.0. The predicted octanol–water partition coefficient (Wildman–Crippen LogP) is 3.77. The molecule has 122 valence electrons. The van der Waals surface area contributed by atoms with Crippen LogP contribution in [-0.4, -0.2) is 30.2 Å². The van der Waals surface area contributed by atoms with Gasteiger partial charge < -0.3 is 15.0 Å². The molecule has 0 amide bonds. The Hall–Kier alpha value is -2.30. The van der Waals surface area contributed by atoms with Gasteiger partial charge in [-0.15, -0.1) is 0 Å². The fourth-order valence-electron chi connectivity index (χ4n) is 2.98. The maximum atomic E-state index is 5.27. The van der Waals surface area contributed by atoms with Gasteiger partial charge in [0.1, 0.15) is 11.6 Å². The molecule has 0 saturated carbocycles. The Morgan fingerprint density at radius 2 is 2.13 bits per heavy atom. The molecular formula is C18H24N4O. The van der Waals surface area contributed by atoms with E-state index in [0.717, 1.165) is 42.0 Å². The number of piperidine rings is 1. The second-order valence-corrected chi connectivity index (χ2v) is 6.24. The van der Waals surface area contributed by atoms with Crippen LogP contribution >= 0.6 is 0 Å². The molecule has 0 radical (unpaired) electrons. The summed E-state index contributed by atoms with van der Waals surface area (Å²) in [6.07, 6.45) is 2.49. The number of nitrogens with zero attached hydrogens (tertiary/aromatic N) is 3. The van der Waals surface area contributed by atoms with Gasteiger partial charge in [-0.2, -0.15) is 4.98 Å². The summed E-state index contributed by atoms with van der Waals surface area (Å²) in [4.78, 5) is 11.6. The van der Waals surface area contributed by atoms with Crippen molar-refractivity contribution in [2.45, 2.75) is 26.7 Å². The number of anilines is 3. The van der Waals surface area contributed by atoms with Crippen LogP contribution in [0, 0.1) is 12.8 Å². The van der Waals surface area contributed by atoms with Gasteiger partial charge in [-0.05, 0) is 37.8 Å². The lowest BCUT2D eigenvalue weighted by Gasteiger charge is -2.31. The minimum atomic E-state index is 0.697. The fourth-order valence-corrected chi connectivity index (χ4v) is 2.98. The molecule has 0 bridgehead atoms. The third-order valence-corrected chi connectivity index (χ3v) is 4.12. The maximum Gasteiger partial charge on any atom is 0.227 e. The van der Waals surface area contributed by atoms with Crippen molar-refractivity contribution in [3.8, 4) is 5.75 Å². The molecule has 1 atom stereocenters. The van der Waals surface area contributed by atoms with Crippen molar-refractivity contribution in [1.82, 2.24) is 9.97 Å². The Morgan fingerprint density at radius 3 is 2.91 bits per heavy atom. The molecule has 0 spiro atoms. The highest BCUT2D eigenvalue weighted by molar-refractivity contribution is 5.59. The van der Waals surface area contributed by atoms with E-state index < -0.39 is 0 Å². The standard InChI is InChI=1S/C18H24N4O/c1-13-6-5-9-22(12-13)18-19-14(2)10-17(21-18)20-15-7-4-8-16(11-15)23-3/h4,7-8,10-11,13H,5-6,9,12H2,1-3H3,(H,19,20,21). The highest BCUT2D eigenvalue weighted by Gasteiger charge is 2.19. The number of nitrogens with one attached hydrogen (secondary N) is 1. The Bertz CT molecular complexity index is 674. The molecular weight excluding hydrogens is 288 g/mol. The van der Waals surface area contributed by atoms with Crippen LogP contribution in [0.15, 0.2) is 30.3 Å². The van der Waals surface area contributed by atoms with Crippen molar-refractivity contribution in [1.29, 1.82) is 0 Å². The Kier molecular flexibility index (Phi) is 4.65. The summed E-state index contributed by atoms with van der Waals surface area (Å²) in [5.74, 6) is 3.16. The number of hydrogen-bond acceptors (Lipinski definition) is 5. The van der Waals surface area contributed by atoms with E-state index in [2.05, 4.69) is 22.1 Å². The van der Waals surface area contributed by atoms with E-state index in [0.29, 0.717) is 5.92 Å². The van der Waals surface area contributed by atoms with Gasteiger partial charge >= 0.3 is 0 Å². The third-order valence-electron chi connectivity index (χ3n) is 4.12. The third kappa shape index (κ3) is 3.92. The van der Waals surface area contributed by atoms with Crippen molar-refractivity contribution >= 4 is 17.5 Å². The Labute approximate surface area is 137 Å². The topological polar surface area (TPSA) is 50.3 Å². The van der Waals surface area contributed by atoms with E-state index in [1.54, 1.807) is 7.11 Å². The molecule has 23 heavy (non-hydrogen) atoms. The second kappa shape index (κ2) is 6.86. The van der Waals surface area contributed by atoms with Crippen LogP contribution in [-0.2, 0) is 0 Å². The molecule has 1 unspecified atom stereocenters. The van der Waals surface area contributed by atoms with E-state index in [9.17, 15) is 0 Å². The number of benzene rings is 1. The number of methoxy groups -OCH3 is 1. The lowest BCUT2D eigenvalue weighted by molar-refractivity contribution is 0.415. The van der Waals surface area contributed by atoms with Crippen molar-refractivity contribution in [2.75, 3.05) is 30.4 Å². The highest BCUT2D eigenvalue weighted by atomic mass is 16.5. The first-order valence-electron chi connectivity index (χ1n) is 8.16. The molecule has 5 nitrogen and oxygen atoms in total. The van der Waals surface area contributed by atoms with Gasteiger partial charge in [-0.25, -0.2) is 4.98 Å². The molecule has 1 aliphatic heterocycles. The minimum absolute atomic E-state index is 0.697. The zero-order chi connectivity index (χ0) is 16.2. The van der Waals surface area contributed by atoms with Gasteiger partial charge in [0.05, 0.1) is 7.11 Å². The number of aryl methyl sites for hydroxylation is 1. The van der Waals surface area contributed by atoms with Crippen molar-refractivity contribution in [3.05, 3.63) is 36.0 Å². The summed E-state index contributed by atoms with van der Waals surface area (Å²) < 4.78 is 5.27. The summed E-state index contributed by atoms with van der Waals surface area (Å²) in [7, 11) is 1.67. The lowest BCUT2D eigenvalue weighted by Crippen LogP contribution is -2.35. The van der Waals surface area contributed by atoms with Gasteiger partial charge in [-0.1, -0.05) is 13.0 Å². The summed E-state index contributed by atoms with van der Waals surface area (Å²) in [6.45, 7) is 6.36. The molecule has 2 aromatic rings. The van der Waals surface area contributed by atoms with Gasteiger partial charge in [0.25, 0.3) is 0 Å². The van der Waals surface area contributed by atoms with E-state index in [4.69, 9.17) is 9.72 Å². The van der Waals surface area contributed by atoms with E-state index in [1.807, 2.05) is 37.3 Å². The van der Waals surface area contributed by atoms with Crippen molar-refractivity contribution < 1.29 is 4.74 Å². The van der Waals surface area contributed by atoms with E-state index >= 15 is 0 Å². The average molecular weight is 312 g/mol. The molecule has 1 aromatic carbocycles. The molecule has 1 aliphatic rings. The van der Waals surface area contributed by atoms with Crippen LogP contribution in [0.25, 0.3) is 0 Å². The summed E-state index contributed by atoms with van der Waals surface area (Å²) in [5, 5.41) is 3.35. The molecule has 3 rings (SSSR count). The number of hydrogen-bond donors (Lipinski definition) is 1. The largest absolute Gasteiger partial charge is 0.497 e. The Morgan fingerprint density at radius 1 is 1.26 bits per heavy atom. The van der Waals surface area contributed by atoms with Gasteiger partial charge in [0.15, 0.2) is 0 Å². The summed E-state index contributed by atoms with van der Waals surface area (Å²) in [6, 6.07) is 9.82. The second-order valence-electron chi connectivity index (χ2n) is 6.24. The predicted molar refractivity (Wildman–Crippen MR) is 93.7 cm³/mol. The number of rotatable bonds is 4. The first-order chi connectivity index (χ1) is 11.1. The minimum Gasteiger partial charge on any atom is -0.497 e. The van der Waals surface area contributed by atoms with Crippen molar-refractivity contribution in [2.24, 2.45) is 5.92 Å². The van der Waals surface area contributed by atoms with Crippen LogP contribution in [0.4, 0.5) is 17.5 Å².